The predicted octanol–water partition coefficient (Wildman–Crippen LogP) is 2.71. The normalized spacial score (nSPS) is 16.5. The molecule has 0 atom stereocenters. The van der Waals surface area contributed by atoms with E-state index in [1.807, 2.05) is 19.1 Å². The summed E-state index contributed by atoms with van der Waals surface area (Å²) in [4.78, 5) is 12.0. The Labute approximate surface area is 145 Å². The molecule has 1 heterocycles. The quantitative estimate of drug-likeness (QED) is 0.820. The molecule has 0 saturated carbocycles. The maximum atomic E-state index is 12.7. The molecule has 1 N–H and O–H groups in total. The number of nitrogens with one attached hydrogen (secondary N) is 1. The Bertz CT molecular complexity index is 618. The van der Waals surface area contributed by atoms with Crippen molar-refractivity contribution >= 4 is 15.9 Å². The van der Waals surface area contributed by atoms with E-state index in [1.54, 1.807) is 16.4 Å². The van der Waals surface area contributed by atoms with Crippen molar-refractivity contribution in [1.29, 1.82) is 0 Å². The molecule has 0 radical (unpaired) electrons. The number of benzene rings is 1. The molecule has 1 fully saturated rings. The summed E-state index contributed by atoms with van der Waals surface area (Å²) in [6, 6.07) is 6.97. The van der Waals surface area contributed by atoms with Crippen molar-refractivity contribution in [3.8, 4) is 0 Å². The molecule has 24 heavy (non-hydrogen) atoms. The Morgan fingerprint density at radius 1 is 1.08 bits per heavy atom. The number of rotatable bonds is 7. The summed E-state index contributed by atoms with van der Waals surface area (Å²) in [6.07, 6.45) is 6.05. The van der Waals surface area contributed by atoms with Crippen molar-refractivity contribution in [2.24, 2.45) is 0 Å². The monoisotopic (exact) mass is 352 g/mol. The van der Waals surface area contributed by atoms with E-state index in [0.29, 0.717) is 37.4 Å². The van der Waals surface area contributed by atoms with Crippen LogP contribution in [0.15, 0.2) is 29.2 Å². The molecule has 0 aromatic heterocycles. The van der Waals surface area contributed by atoms with Crippen LogP contribution in [0.25, 0.3) is 0 Å². The summed E-state index contributed by atoms with van der Waals surface area (Å²) >= 11 is 0. The first-order valence-electron chi connectivity index (χ1n) is 8.90. The van der Waals surface area contributed by atoms with Gasteiger partial charge in [-0.3, -0.25) is 4.79 Å². The van der Waals surface area contributed by atoms with Crippen LogP contribution in [-0.4, -0.2) is 38.3 Å². The zero-order valence-corrected chi connectivity index (χ0v) is 15.3. The average Bonchev–Trinajstić information content (AvgIpc) is 2.88. The van der Waals surface area contributed by atoms with Crippen molar-refractivity contribution in [3.05, 3.63) is 29.8 Å². The van der Waals surface area contributed by atoms with Crippen LogP contribution in [0.4, 0.5) is 0 Å². The van der Waals surface area contributed by atoms with E-state index in [1.165, 1.54) is 0 Å². The Morgan fingerprint density at radius 3 is 2.29 bits per heavy atom. The molecule has 1 aromatic carbocycles. The first-order valence-corrected chi connectivity index (χ1v) is 10.3. The molecule has 5 nitrogen and oxygen atoms in total. The number of hydrogen-bond acceptors (Lipinski definition) is 3. The molecule has 1 aliphatic rings. The van der Waals surface area contributed by atoms with E-state index >= 15 is 0 Å². The minimum absolute atomic E-state index is 0.0399. The second kappa shape index (κ2) is 9.18. The highest BCUT2D eigenvalue weighted by Gasteiger charge is 2.24. The van der Waals surface area contributed by atoms with Gasteiger partial charge in [-0.05, 0) is 43.4 Å². The maximum absolute atomic E-state index is 12.7. The molecule has 0 bridgehead atoms. The van der Waals surface area contributed by atoms with Crippen LogP contribution in [0.5, 0.6) is 0 Å². The number of sulfonamides is 1. The molecule has 134 valence electrons. The fourth-order valence-electron chi connectivity index (χ4n) is 2.87. The van der Waals surface area contributed by atoms with Crippen LogP contribution in [0, 0.1) is 0 Å². The van der Waals surface area contributed by atoms with Crippen LogP contribution >= 0.6 is 0 Å². The first kappa shape index (κ1) is 18.9. The fraction of sp³-hybridized carbons (Fsp3) is 0.611. The van der Waals surface area contributed by atoms with Gasteiger partial charge in [-0.1, -0.05) is 31.9 Å². The van der Waals surface area contributed by atoms with Crippen LogP contribution < -0.4 is 5.32 Å². The summed E-state index contributed by atoms with van der Waals surface area (Å²) in [5.74, 6) is 0.0399. The van der Waals surface area contributed by atoms with Crippen molar-refractivity contribution in [2.75, 3.05) is 19.6 Å². The SMILES string of the molecule is CCCNC(=O)CCc1ccc(S(=O)(=O)N2CCCCCC2)cc1. The molecule has 0 aliphatic carbocycles. The third kappa shape index (κ3) is 5.31. The van der Waals surface area contributed by atoms with Gasteiger partial charge >= 0.3 is 0 Å². The summed E-state index contributed by atoms with van der Waals surface area (Å²) in [6.45, 7) is 3.94. The van der Waals surface area contributed by atoms with Crippen LogP contribution in [0.2, 0.25) is 0 Å². The van der Waals surface area contributed by atoms with Crippen molar-refractivity contribution in [2.45, 2.75) is 56.8 Å². The predicted molar refractivity (Wildman–Crippen MR) is 95.3 cm³/mol. The van der Waals surface area contributed by atoms with Gasteiger partial charge in [0, 0.05) is 26.1 Å². The Balaban J connectivity index is 1.96. The number of amides is 1. The molecule has 0 unspecified atom stereocenters. The highest BCUT2D eigenvalue weighted by molar-refractivity contribution is 7.89. The van der Waals surface area contributed by atoms with Gasteiger partial charge in [-0.15, -0.1) is 0 Å². The van der Waals surface area contributed by atoms with Gasteiger partial charge < -0.3 is 5.32 Å². The lowest BCUT2D eigenvalue weighted by Crippen LogP contribution is -2.31. The second-order valence-corrected chi connectivity index (χ2v) is 8.25. The van der Waals surface area contributed by atoms with Crippen molar-refractivity contribution in [1.82, 2.24) is 9.62 Å². The van der Waals surface area contributed by atoms with Crippen LogP contribution in [-0.2, 0) is 21.2 Å². The first-order chi connectivity index (χ1) is 11.5. The molecular weight excluding hydrogens is 324 g/mol. The van der Waals surface area contributed by atoms with E-state index in [0.717, 1.165) is 37.7 Å². The molecule has 6 heteroatoms. The smallest absolute Gasteiger partial charge is 0.243 e. The lowest BCUT2D eigenvalue weighted by molar-refractivity contribution is -0.121. The van der Waals surface area contributed by atoms with Gasteiger partial charge in [0.05, 0.1) is 4.90 Å². The number of nitrogens with zero attached hydrogens (tertiary/aromatic N) is 1. The van der Waals surface area contributed by atoms with Gasteiger partial charge in [-0.2, -0.15) is 4.31 Å². The van der Waals surface area contributed by atoms with Gasteiger partial charge in [0.15, 0.2) is 0 Å². The van der Waals surface area contributed by atoms with E-state index in [2.05, 4.69) is 5.32 Å². The van der Waals surface area contributed by atoms with E-state index in [4.69, 9.17) is 0 Å². The van der Waals surface area contributed by atoms with Crippen LogP contribution in [0.1, 0.15) is 51.0 Å². The third-order valence-electron chi connectivity index (χ3n) is 4.34. The minimum Gasteiger partial charge on any atom is -0.356 e. The van der Waals surface area contributed by atoms with Gasteiger partial charge in [0.1, 0.15) is 0 Å². The summed E-state index contributed by atoms with van der Waals surface area (Å²) < 4.78 is 27.0. The third-order valence-corrected chi connectivity index (χ3v) is 6.25. The zero-order chi connectivity index (χ0) is 17.4. The zero-order valence-electron chi connectivity index (χ0n) is 14.5. The Kier molecular flexibility index (Phi) is 7.24. The van der Waals surface area contributed by atoms with E-state index in [9.17, 15) is 13.2 Å². The van der Waals surface area contributed by atoms with Gasteiger partial charge in [-0.25, -0.2) is 8.42 Å². The average molecular weight is 353 g/mol. The second-order valence-electron chi connectivity index (χ2n) is 6.31. The summed E-state index contributed by atoms with van der Waals surface area (Å²) in [5.41, 5.74) is 0.983. The van der Waals surface area contributed by atoms with E-state index < -0.39 is 10.0 Å². The van der Waals surface area contributed by atoms with Crippen LogP contribution in [0.3, 0.4) is 0 Å². The highest BCUT2D eigenvalue weighted by Crippen LogP contribution is 2.21. The largest absolute Gasteiger partial charge is 0.356 e. The lowest BCUT2D eigenvalue weighted by atomic mass is 10.1. The van der Waals surface area contributed by atoms with E-state index in [-0.39, 0.29) is 5.91 Å². The Morgan fingerprint density at radius 2 is 1.71 bits per heavy atom. The minimum atomic E-state index is -3.39. The van der Waals surface area contributed by atoms with Gasteiger partial charge in [0.2, 0.25) is 15.9 Å². The molecule has 1 amide bonds. The van der Waals surface area contributed by atoms with Crippen molar-refractivity contribution < 1.29 is 13.2 Å². The number of carbonyl (C=O) groups excluding carboxylic acids is 1. The summed E-state index contributed by atoms with van der Waals surface area (Å²) in [7, 11) is -3.39. The topological polar surface area (TPSA) is 66.5 Å². The number of carbonyl (C=O) groups is 1. The molecule has 1 saturated heterocycles. The number of aryl methyl sites for hydroxylation is 1. The van der Waals surface area contributed by atoms with Crippen molar-refractivity contribution in [3.63, 3.8) is 0 Å². The van der Waals surface area contributed by atoms with Gasteiger partial charge in [0.25, 0.3) is 0 Å². The molecule has 1 aromatic rings. The molecule has 2 rings (SSSR count). The molecule has 0 spiro atoms. The highest BCUT2D eigenvalue weighted by atomic mass is 32.2. The standard InChI is InChI=1S/C18H28N2O3S/c1-2-13-19-18(21)12-9-16-7-10-17(11-8-16)24(22,23)20-14-5-3-4-6-15-20/h7-8,10-11H,2-6,9,12-15H2,1H3,(H,19,21). The number of hydrogen-bond donors (Lipinski definition) is 1. The maximum Gasteiger partial charge on any atom is 0.243 e. The molecule has 1 aliphatic heterocycles. The Hall–Kier alpha value is -1.40. The fourth-order valence-corrected chi connectivity index (χ4v) is 4.39. The lowest BCUT2D eigenvalue weighted by Gasteiger charge is -2.20. The molecular formula is C18H28N2O3S. The summed E-state index contributed by atoms with van der Waals surface area (Å²) in [5, 5.41) is 2.85.